The highest BCUT2D eigenvalue weighted by Crippen LogP contribution is 2.43. The smallest absolute Gasteiger partial charge is 0.0349 e. The molecule has 0 radical (unpaired) electrons. The Morgan fingerprint density at radius 2 is 2.27 bits per heavy atom. The Morgan fingerprint density at radius 3 is 3.18 bits per heavy atom. The van der Waals surface area contributed by atoms with Gasteiger partial charge in [0.25, 0.3) is 0 Å². The first-order valence-electron chi connectivity index (χ1n) is 3.54. The molecule has 3 rings (SSSR count). The van der Waals surface area contributed by atoms with E-state index in [0.717, 1.165) is 0 Å². The van der Waals surface area contributed by atoms with Crippen LogP contribution in [0.1, 0.15) is 10.4 Å². The summed E-state index contributed by atoms with van der Waals surface area (Å²) in [5, 5.41) is 1.46. The van der Waals surface area contributed by atoms with Gasteiger partial charge >= 0.3 is 0 Å². The fraction of sp³-hybridized carbons (Fsp3) is 0.111. The third-order valence-electron chi connectivity index (χ3n) is 2.05. The summed E-state index contributed by atoms with van der Waals surface area (Å²) in [4.78, 5) is 1.58. The van der Waals surface area contributed by atoms with Crippen molar-refractivity contribution in [1.29, 1.82) is 0 Å². The van der Waals surface area contributed by atoms with E-state index >= 15 is 0 Å². The molecule has 0 saturated heterocycles. The number of fused-ring (bicyclic) bond motifs is 3. The van der Waals surface area contributed by atoms with Crippen molar-refractivity contribution in [3.05, 3.63) is 33.1 Å². The SMILES string of the molecule is Brc1ccc2sc3c(c2c1)C3. The van der Waals surface area contributed by atoms with Gasteiger partial charge in [0.1, 0.15) is 0 Å². The minimum absolute atomic E-state index is 1.19. The van der Waals surface area contributed by atoms with Crippen LogP contribution in [0.3, 0.4) is 0 Å². The van der Waals surface area contributed by atoms with Crippen molar-refractivity contribution in [1.82, 2.24) is 0 Å². The van der Waals surface area contributed by atoms with Crippen molar-refractivity contribution in [3.8, 4) is 0 Å². The minimum atomic E-state index is 1.19. The number of halogens is 1. The zero-order valence-electron chi connectivity index (χ0n) is 5.73. The van der Waals surface area contributed by atoms with E-state index in [4.69, 9.17) is 0 Å². The molecule has 0 unspecified atom stereocenters. The molecule has 2 heteroatoms. The zero-order valence-corrected chi connectivity index (χ0v) is 8.13. The molecule has 0 N–H and O–H groups in total. The summed E-state index contributed by atoms with van der Waals surface area (Å²) < 4.78 is 2.63. The Balaban J connectivity index is 2.51. The van der Waals surface area contributed by atoms with Crippen LogP contribution in [0.15, 0.2) is 22.7 Å². The molecule has 0 bridgehead atoms. The summed E-state index contributed by atoms with van der Waals surface area (Å²) in [6.45, 7) is 0. The van der Waals surface area contributed by atoms with Gasteiger partial charge in [-0.25, -0.2) is 0 Å². The maximum Gasteiger partial charge on any atom is 0.0349 e. The predicted molar refractivity (Wildman–Crippen MR) is 52.3 cm³/mol. The van der Waals surface area contributed by atoms with Gasteiger partial charge in [-0.15, -0.1) is 11.3 Å². The van der Waals surface area contributed by atoms with Crippen LogP contribution in [0.2, 0.25) is 0 Å². The first-order chi connectivity index (χ1) is 5.34. The molecule has 1 heterocycles. The predicted octanol–water partition coefficient (Wildman–Crippen LogP) is 3.57. The molecule has 0 nitrogen and oxygen atoms in total. The van der Waals surface area contributed by atoms with E-state index in [9.17, 15) is 0 Å². The molecular formula is C9H5BrS. The molecular weight excluding hydrogens is 220 g/mol. The number of rotatable bonds is 0. The van der Waals surface area contributed by atoms with Crippen LogP contribution in [0.25, 0.3) is 10.1 Å². The van der Waals surface area contributed by atoms with Crippen LogP contribution in [0, 0.1) is 0 Å². The molecule has 54 valence electrons. The summed E-state index contributed by atoms with van der Waals surface area (Å²) in [6, 6.07) is 6.52. The lowest BCUT2D eigenvalue weighted by Crippen LogP contribution is -1.65. The second kappa shape index (κ2) is 1.87. The fourth-order valence-electron chi connectivity index (χ4n) is 1.42. The third kappa shape index (κ3) is 0.797. The summed E-state index contributed by atoms with van der Waals surface area (Å²) in [6.07, 6.45) is 1.24. The molecule has 0 amide bonds. The molecule has 1 aliphatic rings. The monoisotopic (exact) mass is 224 g/mol. The van der Waals surface area contributed by atoms with Gasteiger partial charge in [0.05, 0.1) is 0 Å². The van der Waals surface area contributed by atoms with Crippen LogP contribution >= 0.6 is 27.3 Å². The highest BCUT2D eigenvalue weighted by atomic mass is 79.9. The van der Waals surface area contributed by atoms with E-state index in [1.54, 1.807) is 10.4 Å². The summed E-state index contributed by atoms with van der Waals surface area (Å²) in [5.74, 6) is 0. The van der Waals surface area contributed by atoms with Crippen molar-refractivity contribution in [2.75, 3.05) is 0 Å². The first-order valence-corrected chi connectivity index (χ1v) is 5.15. The molecule has 0 spiro atoms. The van der Waals surface area contributed by atoms with Gasteiger partial charge in [-0.05, 0) is 29.1 Å². The quantitative estimate of drug-likeness (QED) is 0.548. The van der Waals surface area contributed by atoms with Crippen molar-refractivity contribution in [3.63, 3.8) is 0 Å². The lowest BCUT2D eigenvalue weighted by atomic mass is 10.2. The average molecular weight is 225 g/mol. The maximum atomic E-state index is 3.48. The Hall–Kier alpha value is -0.340. The van der Waals surface area contributed by atoms with Crippen molar-refractivity contribution in [2.24, 2.45) is 0 Å². The lowest BCUT2D eigenvalue weighted by molar-refractivity contribution is 1.63. The first kappa shape index (κ1) is 6.21. The topological polar surface area (TPSA) is 0 Å². The molecule has 1 aliphatic carbocycles. The third-order valence-corrected chi connectivity index (χ3v) is 3.76. The van der Waals surface area contributed by atoms with Gasteiger partial charge in [0.15, 0.2) is 0 Å². The molecule has 2 aromatic rings. The Morgan fingerprint density at radius 1 is 1.36 bits per heavy atom. The van der Waals surface area contributed by atoms with Crippen molar-refractivity contribution in [2.45, 2.75) is 6.42 Å². The normalized spacial score (nSPS) is 13.5. The number of thiophene rings is 1. The van der Waals surface area contributed by atoms with Crippen LogP contribution in [-0.4, -0.2) is 0 Å². The second-order valence-corrected chi connectivity index (χ2v) is 4.87. The Kier molecular flexibility index (Phi) is 1.06. The molecule has 0 aliphatic heterocycles. The maximum absolute atomic E-state index is 3.48. The highest BCUT2D eigenvalue weighted by Gasteiger charge is 2.23. The van der Waals surface area contributed by atoms with E-state index < -0.39 is 0 Å². The lowest BCUT2D eigenvalue weighted by Gasteiger charge is -1.91. The molecule has 11 heavy (non-hydrogen) atoms. The van der Waals surface area contributed by atoms with E-state index in [2.05, 4.69) is 34.1 Å². The van der Waals surface area contributed by atoms with E-state index in [-0.39, 0.29) is 0 Å². The molecule has 0 atom stereocenters. The number of hydrogen-bond acceptors (Lipinski definition) is 1. The van der Waals surface area contributed by atoms with Crippen molar-refractivity contribution < 1.29 is 0 Å². The van der Waals surface area contributed by atoms with Gasteiger partial charge in [0, 0.05) is 20.5 Å². The molecule has 1 aromatic carbocycles. The molecule has 1 aromatic heterocycles. The average Bonchev–Trinajstić information content (AvgIpc) is 2.67. The second-order valence-electron chi connectivity index (χ2n) is 2.82. The summed E-state index contributed by atoms with van der Waals surface area (Å²) in [7, 11) is 0. The largest absolute Gasteiger partial charge is 0.140 e. The fourth-order valence-corrected chi connectivity index (χ4v) is 2.92. The molecule has 0 saturated carbocycles. The van der Waals surface area contributed by atoms with E-state index in [1.807, 2.05) is 11.3 Å². The Labute approximate surface area is 77.0 Å². The van der Waals surface area contributed by atoms with E-state index in [1.165, 1.54) is 21.0 Å². The summed E-state index contributed by atoms with van der Waals surface area (Å²) in [5.41, 5.74) is 1.58. The number of benzene rings is 1. The highest BCUT2D eigenvalue weighted by molar-refractivity contribution is 9.10. The zero-order chi connectivity index (χ0) is 7.42. The Bertz CT molecular complexity index is 442. The van der Waals surface area contributed by atoms with Gasteiger partial charge < -0.3 is 0 Å². The molecule has 0 fully saturated rings. The van der Waals surface area contributed by atoms with Crippen LogP contribution < -0.4 is 0 Å². The van der Waals surface area contributed by atoms with Gasteiger partial charge in [-0.2, -0.15) is 0 Å². The van der Waals surface area contributed by atoms with Crippen LogP contribution in [0.4, 0.5) is 0 Å². The number of hydrogen-bond donors (Lipinski definition) is 0. The minimum Gasteiger partial charge on any atom is -0.140 e. The van der Waals surface area contributed by atoms with Crippen molar-refractivity contribution >= 4 is 37.4 Å². The standard InChI is InChI=1S/C9H5BrS/c10-5-1-2-8-6(3-5)7-4-9(7)11-8/h1-3H,4H2. The van der Waals surface area contributed by atoms with E-state index in [0.29, 0.717) is 0 Å². The van der Waals surface area contributed by atoms with Gasteiger partial charge in [-0.3, -0.25) is 0 Å². The van der Waals surface area contributed by atoms with Crippen LogP contribution in [-0.2, 0) is 6.42 Å². The van der Waals surface area contributed by atoms with Gasteiger partial charge in [0.2, 0.25) is 0 Å². The van der Waals surface area contributed by atoms with Crippen LogP contribution in [0.5, 0.6) is 0 Å². The summed E-state index contributed by atoms with van der Waals surface area (Å²) >= 11 is 5.41. The van der Waals surface area contributed by atoms with Gasteiger partial charge in [-0.1, -0.05) is 15.9 Å².